The van der Waals surface area contributed by atoms with E-state index in [0.29, 0.717) is 13.1 Å². The number of piperidine rings is 1. The minimum atomic E-state index is -5.41. The van der Waals surface area contributed by atoms with Gasteiger partial charge in [0.05, 0.1) is 4.90 Å². The lowest BCUT2D eigenvalue weighted by Crippen LogP contribution is -2.42. The predicted octanol–water partition coefficient (Wildman–Crippen LogP) is 4.13. The van der Waals surface area contributed by atoms with E-state index in [1.807, 2.05) is 4.90 Å². The Morgan fingerprint density at radius 3 is 2.10 bits per heavy atom. The molecule has 2 aliphatic rings. The molecule has 2 fully saturated rings. The molecule has 1 aliphatic carbocycles. The second-order valence-electron chi connectivity index (χ2n) is 8.33. The second kappa shape index (κ2) is 9.58. The Morgan fingerprint density at radius 1 is 0.968 bits per heavy atom. The molecule has 3 rings (SSSR count). The molecule has 6 nitrogen and oxygen atoms in total. The predicted molar refractivity (Wildman–Crippen MR) is 109 cm³/mol. The third-order valence-electron chi connectivity index (χ3n) is 6.11. The molecular weight excluding hydrogens is 433 g/mol. The SMILES string of the molecule is O=C(CC1CCN(C(=O)C2CCCCC2)CC1)Nc1ccc(S(=O)(=O)C(F)(F)F)cc1. The van der Waals surface area contributed by atoms with Gasteiger partial charge in [-0.05, 0) is 55.9 Å². The number of sulfone groups is 1. The summed E-state index contributed by atoms with van der Waals surface area (Å²) in [5, 5.41) is 2.60. The van der Waals surface area contributed by atoms with Gasteiger partial charge in [0.2, 0.25) is 11.8 Å². The Hall–Kier alpha value is -2.10. The molecule has 0 bridgehead atoms. The first-order valence-electron chi connectivity index (χ1n) is 10.6. The molecule has 0 aromatic heterocycles. The highest BCUT2D eigenvalue weighted by Crippen LogP contribution is 2.31. The first-order valence-corrected chi connectivity index (χ1v) is 12.1. The molecule has 1 aliphatic heterocycles. The van der Waals surface area contributed by atoms with Gasteiger partial charge in [-0.25, -0.2) is 8.42 Å². The van der Waals surface area contributed by atoms with Gasteiger partial charge in [-0.15, -0.1) is 0 Å². The van der Waals surface area contributed by atoms with Crippen LogP contribution in [0.15, 0.2) is 29.2 Å². The van der Waals surface area contributed by atoms with Crippen molar-refractivity contribution in [2.75, 3.05) is 18.4 Å². The van der Waals surface area contributed by atoms with Crippen molar-refractivity contribution in [3.05, 3.63) is 24.3 Å². The van der Waals surface area contributed by atoms with Gasteiger partial charge < -0.3 is 10.2 Å². The van der Waals surface area contributed by atoms with Crippen LogP contribution in [-0.4, -0.2) is 43.7 Å². The number of alkyl halides is 3. The van der Waals surface area contributed by atoms with Crippen LogP contribution in [0.1, 0.15) is 51.4 Å². The highest BCUT2D eigenvalue weighted by Gasteiger charge is 2.46. The number of anilines is 1. The highest BCUT2D eigenvalue weighted by atomic mass is 32.2. The maximum absolute atomic E-state index is 12.6. The summed E-state index contributed by atoms with van der Waals surface area (Å²) in [7, 11) is -5.41. The van der Waals surface area contributed by atoms with Crippen molar-refractivity contribution in [1.29, 1.82) is 0 Å². The van der Waals surface area contributed by atoms with Crippen molar-refractivity contribution < 1.29 is 31.2 Å². The molecule has 0 unspecified atom stereocenters. The van der Waals surface area contributed by atoms with Crippen LogP contribution < -0.4 is 5.32 Å². The summed E-state index contributed by atoms with van der Waals surface area (Å²) in [6, 6.07) is 3.94. The van der Waals surface area contributed by atoms with Crippen LogP contribution in [0.2, 0.25) is 0 Å². The summed E-state index contributed by atoms with van der Waals surface area (Å²) in [5.74, 6) is 0.206. The number of hydrogen-bond donors (Lipinski definition) is 1. The molecule has 10 heteroatoms. The Kier molecular flexibility index (Phi) is 7.28. The zero-order valence-electron chi connectivity index (χ0n) is 17.2. The van der Waals surface area contributed by atoms with Crippen molar-refractivity contribution in [3.63, 3.8) is 0 Å². The third kappa shape index (κ3) is 5.78. The van der Waals surface area contributed by atoms with Crippen molar-refractivity contribution in [2.24, 2.45) is 11.8 Å². The Labute approximate surface area is 180 Å². The van der Waals surface area contributed by atoms with Crippen molar-refractivity contribution in [1.82, 2.24) is 4.90 Å². The Balaban J connectivity index is 1.47. The smallest absolute Gasteiger partial charge is 0.342 e. The number of carbonyl (C=O) groups is 2. The summed E-state index contributed by atoms with van der Waals surface area (Å²) in [6.45, 7) is 1.27. The average molecular weight is 461 g/mol. The molecule has 31 heavy (non-hydrogen) atoms. The van der Waals surface area contributed by atoms with E-state index in [-0.39, 0.29) is 35.8 Å². The number of amides is 2. The summed E-state index contributed by atoms with van der Waals surface area (Å²) >= 11 is 0. The van der Waals surface area contributed by atoms with Crippen LogP contribution in [0, 0.1) is 11.8 Å². The lowest BCUT2D eigenvalue weighted by molar-refractivity contribution is -0.138. The van der Waals surface area contributed by atoms with E-state index in [1.165, 1.54) is 6.42 Å². The van der Waals surface area contributed by atoms with Gasteiger partial charge in [-0.2, -0.15) is 13.2 Å². The molecule has 172 valence electrons. The highest BCUT2D eigenvalue weighted by molar-refractivity contribution is 7.92. The van der Waals surface area contributed by atoms with E-state index in [2.05, 4.69) is 5.32 Å². The second-order valence-corrected chi connectivity index (χ2v) is 10.3. The minimum Gasteiger partial charge on any atom is -0.342 e. The largest absolute Gasteiger partial charge is 0.501 e. The topological polar surface area (TPSA) is 83.6 Å². The van der Waals surface area contributed by atoms with Gasteiger partial charge in [0, 0.05) is 31.1 Å². The van der Waals surface area contributed by atoms with Crippen molar-refractivity contribution in [2.45, 2.75) is 61.8 Å². The molecule has 1 aromatic carbocycles. The fraction of sp³-hybridized carbons (Fsp3) is 0.619. The minimum absolute atomic E-state index is 0.125. The maximum atomic E-state index is 12.6. The molecule has 1 saturated carbocycles. The van der Waals surface area contributed by atoms with Gasteiger partial charge in [0.1, 0.15) is 0 Å². The summed E-state index contributed by atoms with van der Waals surface area (Å²) < 4.78 is 60.5. The molecule has 0 radical (unpaired) electrons. The van der Waals surface area contributed by atoms with E-state index >= 15 is 0 Å². The first kappa shape index (κ1) is 23.6. The van der Waals surface area contributed by atoms with Gasteiger partial charge in [-0.1, -0.05) is 19.3 Å². The van der Waals surface area contributed by atoms with Crippen LogP contribution in [0.4, 0.5) is 18.9 Å². The molecule has 0 atom stereocenters. The average Bonchev–Trinajstić information content (AvgIpc) is 2.74. The lowest BCUT2D eigenvalue weighted by Gasteiger charge is -2.35. The maximum Gasteiger partial charge on any atom is 0.501 e. The molecule has 1 N–H and O–H groups in total. The number of carbonyl (C=O) groups excluding carboxylic acids is 2. The molecule has 2 amide bonds. The van der Waals surface area contributed by atoms with Crippen LogP contribution >= 0.6 is 0 Å². The summed E-state index contributed by atoms with van der Waals surface area (Å²) in [4.78, 5) is 26.0. The van der Waals surface area contributed by atoms with Crippen molar-refractivity contribution in [3.8, 4) is 0 Å². The zero-order chi connectivity index (χ0) is 22.6. The standard InChI is InChI=1S/C21H27F3N2O4S/c22-21(23,24)31(29,30)18-8-6-17(7-9-18)25-19(27)14-15-10-12-26(13-11-15)20(28)16-4-2-1-3-5-16/h6-9,15-16H,1-5,10-14H2,(H,25,27). The number of nitrogens with zero attached hydrogens (tertiary/aromatic N) is 1. The van der Waals surface area contributed by atoms with Crippen molar-refractivity contribution >= 4 is 27.3 Å². The van der Waals surface area contributed by atoms with E-state index in [0.717, 1.165) is 62.8 Å². The van der Waals surface area contributed by atoms with E-state index in [4.69, 9.17) is 0 Å². The van der Waals surface area contributed by atoms with Gasteiger partial charge in [0.15, 0.2) is 0 Å². The van der Waals surface area contributed by atoms with E-state index in [9.17, 15) is 31.2 Å². The number of rotatable bonds is 5. The lowest BCUT2D eigenvalue weighted by atomic mass is 9.87. The van der Waals surface area contributed by atoms with Crippen LogP contribution in [0.25, 0.3) is 0 Å². The Bertz CT molecular complexity index is 886. The normalized spacial score (nSPS) is 19.3. The van der Waals surface area contributed by atoms with Gasteiger partial charge >= 0.3 is 5.51 Å². The fourth-order valence-corrected chi connectivity index (χ4v) is 5.05. The molecule has 1 heterocycles. The van der Waals surface area contributed by atoms with E-state index in [1.54, 1.807) is 0 Å². The summed E-state index contributed by atoms with van der Waals surface area (Å²) in [6.07, 6.45) is 7.04. The fourth-order valence-electron chi connectivity index (χ4n) is 4.29. The third-order valence-corrected chi connectivity index (χ3v) is 7.61. The first-order chi connectivity index (χ1) is 14.6. The quantitative estimate of drug-likeness (QED) is 0.716. The number of nitrogens with one attached hydrogen (secondary N) is 1. The number of halogens is 3. The molecule has 0 spiro atoms. The molecule has 1 aromatic rings. The Morgan fingerprint density at radius 2 is 1.55 bits per heavy atom. The van der Waals surface area contributed by atoms with Gasteiger partial charge in [0.25, 0.3) is 9.84 Å². The number of hydrogen-bond acceptors (Lipinski definition) is 4. The van der Waals surface area contributed by atoms with Crippen LogP contribution in [0.3, 0.4) is 0 Å². The zero-order valence-corrected chi connectivity index (χ0v) is 18.0. The molecular formula is C21H27F3N2O4S. The molecule has 1 saturated heterocycles. The summed E-state index contributed by atoms with van der Waals surface area (Å²) in [5.41, 5.74) is -5.14. The number of likely N-dealkylation sites (tertiary alicyclic amines) is 1. The van der Waals surface area contributed by atoms with Crippen LogP contribution in [0.5, 0.6) is 0 Å². The monoisotopic (exact) mass is 460 g/mol. The van der Waals surface area contributed by atoms with E-state index < -0.39 is 20.2 Å². The number of benzene rings is 1. The van der Waals surface area contributed by atoms with Crippen LogP contribution in [-0.2, 0) is 19.4 Å². The van der Waals surface area contributed by atoms with Gasteiger partial charge in [-0.3, -0.25) is 9.59 Å².